The van der Waals surface area contributed by atoms with E-state index in [9.17, 15) is 9.59 Å². The quantitative estimate of drug-likeness (QED) is 0.806. The van der Waals surface area contributed by atoms with Gasteiger partial charge in [-0.25, -0.2) is 4.79 Å². The van der Waals surface area contributed by atoms with Gasteiger partial charge in [0.05, 0.1) is 12.2 Å². The normalized spacial score (nSPS) is 9.76. The molecule has 0 radical (unpaired) electrons. The number of urea groups is 1. The van der Waals surface area contributed by atoms with E-state index in [1.807, 2.05) is 18.2 Å². The van der Waals surface area contributed by atoms with E-state index in [1.54, 1.807) is 30.5 Å². The van der Waals surface area contributed by atoms with Gasteiger partial charge in [0.1, 0.15) is 0 Å². The van der Waals surface area contributed by atoms with E-state index in [4.69, 9.17) is 0 Å². The molecule has 3 amide bonds. The number of rotatable bonds is 4. The molecule has 1 aromatic heterocycles. The lowest BCUT2D eigenvalue weighted by atomic mass is 10.3. The third-order valence-corrected chi connectivity index (χ3v) is 2.62. The van der Waals surface area contributed by atoms with Crippen LogP contribution in [-0.2, 0) is 11.3 Å². The fourth-order valence-electron chi connectivity index (χ4n) is 1.69. The van der Waals surface area contributed by atoms with Crippen LogP contribution in [0.4, 0.5) is 16.2 Å². The van der Waals surface area contributed by atoms with Crippen molar-refractivity contribution in [1.82, 2.24) is 10.3 Å². The Hall–Kier alpha value is -2.89. The Kier molecular flexibility index (Phi) is 4.87. The Morgan fingerprint density at radius 1 is 1.00 bits per heavy atom. The molecule has 0 bridgehead atoms. The molecule has 0 aliphatic heterocycles. The summed E-state index contributed by atoms with van der Waals surface area (Å²) in [5, 5.41) is 8.07. The summed E-state index contributed by atoms with van der Waals surface area (Å²) >= 11 is 0. The summed E-state index contributed by atoms with van der Waals surface area (Å²) in [5.74, 6) is -0.135. The molecule has 3 N–H and O–H groups in total. The standard InChI is InChI=1S/C15H16N4O2/c1-11(20)18-12-5-7-13(8-6-12)19-15(21)17-10-14-4-2-3-9-16-14/h2-9H,10H2,1H3,(H,18,20)(H2,17,19,21). The molecular weight excluding hydrogens is 268 g/mol. The maximum Gasteiger partial charge on any atom is 0.319 e. The van der Waals surface area contributed by atoms with Crippen LogP contribution >= 0.6 is 0 Å². The van der Waals surface area contributed by atoms with E-state index in [-0.39, 0.29) is 11.9 Å². The minimum Gasteiger partial charge on any atom is -0.332 e. The van der Waals surface area contributed by atoms with E-state index in [0.29, 0.717) is 17.9 Å². The number of hydrogen-bond acceptors (Lipinski definition) is 3. The molecule has 2 aromatic rings. The maximum absolute atomic E-state index is 11.7. The molecule has 0 spiro atoms. The number of benzene rings is 1. The van der Waals surface area contributed by atoms with E-state index in [0.717, 1.165) is 5.69 Å². The van der Waals surface area contributed by atoms with Gasteiger partial charge >= 0.3 is 6.03 Å². The van der Waals surface area contributed by atoms with Gasteiger partial charge in [-0.1, -0.05) is 6.07 Å². The molecule has 2 rings (SSSR count). The van der Waals surface area contributed by atoms with Gasteiger partial charge < -0.3 is 16.0 Å². The van der Waals surface area contributed by atoms with Crippen LogP contribution in [-0.4, -0.2) is 16.9 Å². The number of nitrogens with zero attached hydrogens (tertiary/aromatic N) is 1. The fraction of sp³-hybridized carbons (Fsp3) is 0.133. The topological polar surface area (TPSA) is 83.1 Å². The third kappa shape index (κ3) is 4.94. The number of nitrogens with one attached hydrogen (secondary N) is 3. The molecule has 0 atom stereocenters. The molecule has 0 unspecified atom stereocenters. The first-order chi connectivity index (χ1) is 10.1. The van der Waals surface area contributed by atoms with Crippen LogP contribution in [0.25, 0.3) is 0 Å². The zero-order valence-electron chi connectivity index (χ0n) is 11.6. The lowest BCUT2D eigenvalue weighted by Crippen LogP contribution is -2.28. The summed E-state index contributed by atoms with van der Waals surface area (Å²) < 4.78 is 0. The van der Waals surface area contributed by atoms with E-state index >= 15 is 0 Å². The Morgan fingerprint density at radius 3 is 2.24 bits per heavy atom. The molecule has 6 nitrogen and oxygen atoms in total. The second-order valence-electron chi connectivity index (χ2n) is 4.39. The average Bonchev–Trinajstić information content (AvgIpc) is 2.48. The zero-order chi connectivity index (χ0) is 15.1. The highest BCUT2D eigenvalue weighted by Crippen LogP contribution is 2.13. The number of pyridine rings is 1. The van der Waals surface area contributed by atoms with Crippen molar-refractivity contribution in [1.29, 1.82) is 0 Å². The smallest absolute Gasteiger partial charge is 0.319 e. The van der Waals surface area contributed by atoms with Crippen molar-refractivity contribution >= 4 is 23.3 Å². The Balaban J connectivity index is 1.83. The first-order valence-electron chi connectivity index (χ1n) is 6.46. The van der Waals surface area contributed by atoms with Gasteiger partial charge in [0, 0.05) is 24.5 Å². The van der Waals surface area contributed by atoms with Gasteiger partial charge in [0.15, 0.2) is 0 Å². The van der Waals surface area contributed by atoms with E-state index in [2.05, 4.69) is 20.9 Å². The van der Waals surface area contributed by atoms with Crippen molar-refractivity contribution in [2.75, 3.05) is 10.6 Å². The molecule has 6 heteroatoms. The van der Waals surface area contributed by atoms with Gasteiger partial charge in [-0.05, 0) is 36.4 Å². The van der Waals surface area contributed by atoms with Crippen LogP contribution in [0.15, 0.2) is 48.7 Å². The lowest BCUT2D eigenvalue weighted by Gasteiger charge is -2.08. The molecule has 1 aromatic carbocycles. The first kappa shape index (κ1) is 14.5. The highest BCUT2D eigenvalue weighted by Gasteiger charge is 2.02. The minimum atomic E-state index is -0.312. The van der Waals surface area contributed by atoms with Crippen molar-refractivity contribution in [3.8, 4) is 0 Å². The number of hydrogen-bond donors (Lipinski definition) is 3. The number of anilines is 2. The molecule has 21 heavy (non-hydrogen) atoms. The SMILES string of the molecule is CC(=O)Nc1ccc(NC(=O)NCc2ccccn2)cc1. The maximum atomic E-state index is 11.7. The summed E-state index contributed by atoms with van der Waals surface area (Å²) in [5.41, 5.74) is 2.11. The molecule has 0 fully saturated rings. The minimum absolute atomic E-state index is 0.135. The number of carbonyl (C=O) groups is 2. The summed E-state index contributed by atoms with van der Waals surface area (Å²) in [4.78, 5) is 26.7. The molecule has 0 saturated heterocycles. The lowest BCUT2D eigenvalue weighted by molar-refractivity contribution is -0.114. The second-order valence-corrected chi connectivity index (χ2v) is 4.39. The van der Waals surface area contributed by atoms with E-state index in [1.165, 1.54) is 6.92 Å². The summed E-state index contributed by atoms with van der Waals surface area (Å²) in [6.45, 7) is 1.80. The van der Waals surface area contributed by atoms with Crippen molar-refractivity contribution in [3.63, 3.8) is 0 Å². The highest BCUT2D eigenvalue weighted by molar-refractivity contribution is 5.91. The molecule has 0 saturated carbocycles. The predicted molar refractivity (Wildman–Crippen MR) is 80.8 cm³/mol. The highest BCUT2D eigenvalue weighted by atomic mass is 16.2. The van der Waals surface area contributed by atoms with Crippen LogP contribution < -0.4 is 16.0 Å². The monoisotopic (exact) mass is 284 g/mol. The van der Waals surface area contributed by atoms with Gasteiger partial charge in [0.25, 0.3) is 0 Å². The Bertz CT molecular complexity index is 611. The van der Waals surface area contributed by atoms with Crippen molar-refractivity contribution < 1.29 is 9.59 Å². The van der Waals surface area contributed by atoms with Gasteiger partial charge in [0.2, 0.25) is 5.91 Å². The summed E-state index contributed by atoms with van der Waals surface area (Å²) in [6, 6.07) is 12.1. The number of amides is 3. The van der Waals surface area contributed by atoms with Crippen LogP contribution in [0.1, 0.15) is 12.6 Å². The van der Waals surface area contributed by atoms with Crippen molar-refractivity contribution in [3.05, 3.63) is 54.4 Å². The Labute approximate surface area is 122 Å². The predicted octanol–water partition coefficient (Wildman–Crippen LogP) is 2.36. The van der Waals surface area contributed by atoms with Crippen LogP contribution in [0, 0.1) is 0 Å². The molecular formula is C15H16N4O2. The fourth-order valence-corrected chi connectivity index (χ4v) is 1.69. The van der Waals surface area contributed by atoms with E-state index < -0.39 is 0 Å². The molecule has 0 aliphatic rings. The molecule has 1 heterocycles. The summed E-state index contributed by atoms with van der Waals surface area (Å²) in [7, 11) is 0. The zero-order valence-corrected chi connectivity index (χ0v) is 11.6. The van der Waals surface area contributed by atoms with Gasteiger partial charge in [-0.2, -0.15) is 0 Å². The van der Waals surface area contributed by atoms with Crippen molar-refractivity contribution in [2.24, 2.45) is 0 Å². The van der Waals surface area contributed by atoms with Crippen LogP contribution in [0.3, 0.4) is 0 Å². The molecule has 108 valence electrons. The Morgan fingerprint density at radius 2 is 1.67 bits per heavy atom. The second kappa shape index (κ2) is 7.04. The largest absolute Gasteiger partial charge is 0.332 e. The average molecular weight is 284 g/mol. The van der Waals surface area contributed by atoms with Gasteiger partial charge in [-0.3, -0.25) is 9.78 Å². The number of carbonyl (C=O) groups excluding carboxylic acids is 2. The molecule has 0 aliphatic carbocycles. The van der Waals surface area contributed by atoms with Crippen LogP contribution in [0.2, 0.25) is 0 Å². The van der Waals surface area contributed by atoms with Gasteiger partial charge in [-0.15, -0.1) is 0 Å². The van der Waals surface area contributed by atoms with Crippen LogP contribution in [0.5, 0.6) is 0 Å². The number of aromatic nitrogens is 1. The third-order valence-electron chi connectivity index (χ3n) is 2.62. The summed E-state index contributed by atoms with van der Waals surface area (Å²) in [6.07, 6.45) is 1.68. The van der Waals surface area contributed by atoms with Crippen molar-refractivity contribution in [2.45, 2.75) is 13.5 Å². The first-order valence-corrected chi connectivity index (χ1v) is 6.46.